The lowest BCUT2D eigenvalue weighted by atomic mass is 9.86. The third-order valence-corrected chi connectivity index (χ3v) is 6.12. The molecule has 5 rings (SSSR count). The molecule has 0 fully saturated rings. The van der Waals surface area contributed by atoms with E-state index in [1.54, 1.807) is 35.9 Å². The second-order valence-corrected chi connectivity index (χ2v) is 8.18. The van der Waals surface area contributed by atoms with E-state index in [1.807, 2.05) is 30.3 Å². The number of rotatable bonds is 5. The molecule has 0 saturated heterocycles. The lowest BCUT2D eigenvalue weighted by Gasteiger charge is -2.26. The van der Waals surface area contributed by atoms with Crippen LogP contribution in [0.4, 0.5) is 4.39 Å². The van der Waals surface area contributed by atoms with Crippen LogP contribution in [0.5, 0.6) is 17.2 Å². The summed E-state index contributed by atoms with van der Waals surface area (Å²) in [4.78, 5) is 25.9. The number of carbonyl (C=O) groups excluding carboxylic acids is 1. The Morgan fingerprint density at radius 2 is 1.79 bits per heavy atom. The lowest BCUT2D eigenvalue weighted by Crippen LogP contribution is -2.31. The number of hydrogen-bond donors (Lipinski definition) is 0. The number of halogens is 1. The Bertz CT molecular complexity index is 1460. The standard InChI is InChI=1S/C27H22FNO5/c1-29-21-6-4-3-5-19(21)26-25(27(29)31)20(14-24(30)34-26)17-9-12-22(23(13-17)32-2)33-15-16-7-10-18(28)11-8-16/h3-13,20H,14-15H2,1-2H3. The molecule has 0 amide bonds. The van der Waals surface area contributed by atoms with Crippen molar-refractivity contribution >= 4 is 16.9 Å². The zero-order chi connectivity index (χ0) is 23.8. The molecule has 4 aromatic rings. The van der Waals surface area contributed by atoms with Gasteiger partial charge in [-0.25, -0.2) is 4.39 Å². The number of fused-ring (bicyclic) bond motifs is 3. The Hall–Kier alpha value is -4.13. The summed E-state index contributed by atoms with van der Waals surface area (Å²) in [5.41, 5.74) is 2.49. The van der Waals surface area contributed by atoms with Crippen LogP contribution in [0.3, 0.4) is 0 Å². The van der Waals surface area contributed by atoms with Gasteiger partial charge in [0.25, 0.3) is 5.56 Å². The van der Waals surface area contributed by atoms with E-state index in [2.05, 4.69) is 0 Å². The molecule has 2 heterocycles. The summed E-state index contributed by atoms with van der Waals surface area (Å²) in [7, 11) is 3.24. The van der Waals surface area contributed by atoms with Crippen LogP contribution in [0, 0.1) is 5.82 Å². The predicted molar refractivity (Wildman–Crippen MR) is 125 cm³/mol. The molecule has 0 aliphatic carbocycles. The molecular formula is C27H22FNO5. The highest BCUT2D eigenvalue weighted by Gasteiger charge is 2.34. The Balaban J connectivity index is 1.54. The summed E-state index contributed by atoms with van der Waals surface area (Å²) < 4.78 is 31.7. The van der Waals surface area contributed by atoms with Crippen molar-refractivity contribution in [3.63, 3.8) is 0 Å². The average molecular weight is 459 g/mol. The lowest BCUT2D eigenvalue weighted by molar-refractivity contribution is -0.135. The van der Waals surface area contributed by atoms with Crippen LogP contribution in [0.15, 0.2) is 71.5 Å². The molecule has 0 spiro atoms. The molecule has 1 aromatic heterocycles. The SMILES string of the molecule is COc1cc(C2CC(=O)Oc3c2c(=O)n(C)c2ccccc32)ccc1OCc1ccc(F)cc1. The van der Waals surface area contributed by atoms with Crippen LogP contribution in [0.25, 0.3) is 10.9 Å². The van der Waals surface area contributed by atoms with E-state index in [0.717, 1.165) is 11.1 Å². The summed E-state index contributed by atoms with van der Waals surface area (Å²) >= 11 is 0. The van der Waals surface area contributed by atoms with Gasteiger partial charge in [0.1, 0.15) is 18.2 Å². The molecule has 1 aliphatic rings. The Morgan fingerprint density at radius 1 is 1.03 bits per heavy atom. The van der Waals surface area contributed by atoms with Crippen molar-refractivity contribution in [1.82, 2.24) is 4.57 Å². The molecule has 0 bridgehead atoms. The maximum Gasteiger partial charge on any atom is 0.312 e. The summed E-state index contributed by atoms with van der Waals surface area (Å²) in [5, 5.41) is 0.712. The van der Waals surface area contributed by atoms with Crippen molar-refractivity contribution in [2.75, 3.05) is 7.11 Å². The van der Waals surface area contributed by atoms with Gasteiger partial charge in [-0.1, -0.05) is 30.3 Å². The van der Waals surface area contributed by atoms with Crippen LogP contribution < -0.4 is 19.8 Å². The van der Waals surface area contributed by atoms with E-state index < -0.39 is 11.9 Å². The molecule has 0 N–H and O–H groups in total. The number of benzene rings is 3. The molecular weight excluding hydrogens is 437 g/mol. The minimum atomic E-state index is -0.486. The maximum atomic E-state index is 13.3. The van der Waals surface area contributed by atoms with Gasteiger partial charge in [-0.3, -0.25) is 9.59 Å². The van der Waals surface area contributed by atoms with Crippen LogP contribution in [0.1, 0.15) is 29.0 Å². The molecule has 0 radical (unpaired) electrons. The predicted octanol–water partition coefficient (Wildman–Crippen LogP) is 4.71. The van der Waals surface area contributed by atoms with Gasteiger partial charge < -0.3 is 18.8 Å². The minimum absolute atomic E-state index is 0.0412. The van der Waals surface area contributed by atoms with E-state index >= 15 is 0 Å². The van der Waals surface area contributed by atoms with Gasteiger partial charge in [-0.05, 0) is 47.5 Å². The highest BCUT2D eigenvalue weighted by molar-refractivity contribution is 5.91. The van der Waals surface area contributed by atoms with Crippen LogP contribution in [0.2, 0.25) is 0 Å². The first kappa shape index (κ1) is 21.7. The van der Waals surface area contributed by atoms with Crippen molar-refractivity contribution < 1.29 is 23.4 Å². The first-order valence-electron chi connectivity index (χ1n) is 10.8. The largest absolute Gasteiger partial charge is 0.493 e. The third kappa shape index (κ3) is 3.79. The second-order valence-electron chi connectivity index (χ2n) is 8.18. The molecule has 6 nitrogen and oxygen atoms in total. The van der Waals surface area contributed by atoms with E-state index in [0.29, 0.717) is 33.7 Å². The molecule has 34 heavy (non-hydrogen) atoms. The first-order valence-corrected chi connectivity index (χ1v) is 10.8. The number of aryl methyl sites for hydroxylation is 1. The number of esters is 1. The monoisotopic (exact) mass is 459 g/mol. The maximum absolute atomic E-state index is 13.3. The van der Waals surface area contributed by atoms with E-state index in [1.165, 1.54) is 19.2 Å². The number of hydrogen-bond acceptors (Lipinski definition) is 5. The molecule has 3 aromatic carbocycles. The third-order valence-electron chi connectivity index (χ3n) is 6.12. The highest BCUT2D eigenvalue weighted by atomic mass is 19.1. The number of pyridine rings is 1. The van der Waals surface area contributed by atoms with Crippen LogP contribution in [-0.2, 0) is 18.4 Å². The highest BCUT2D eigenvalue weighted by Crippen LogP contribution is 2.42. The van der Waals surface area contributed by atoms with Crippen molar-refractivity contribution in [2.45, 2.75) is 18.9 Å². The van der Waals surface area contributed by atoms with Crippen LogP contribution in [-0.4, -0.2) is 17.6 Å². The quantitative estimate of drug-likeness (QED) is 0.405. The minimum Gasteiger partial charge on any atom is -0.493 e. The van der Waals surface area contributed by atoms with Crippen LogP contribution >= 0.6 is 0 Å². The number of nitrogens with zero attached hydrogens (tertiary/aromatic N) is 1. The number of aromatic nitrogens is 1. The molecule has 1 unspecified atom stereocenters. The Morgan fingerprint density at radius 3 is 2.56 bits per heavy atom. The number of ether oxygens (including phenoxy) is 3. The summed E-state index contributed by atoms with van der Waals surface area (Å²) in [5.74, 6) is 0.0934. The van der Waals surface area contributed by atoms with Crippen molar-refractivity contribution in [3.05, 3.63) is 99.6 Å². The van der Waals surface area contributed by atoms with Gasteiger partial charge >= 0.3 is 5.97 Å². The fourth-order valence-corrected chi connectivity index (χ4v) is 4.38. The normalized spacial score (nSPS) is 15.0. The van der Waals surface area contributed by atoms with Gasteiger partial charge in [0.05, 0.1) is 24.6 Å². The van der Waals surface area contributed by atoms with Gasteiger partial charge in [0.2, 0.25) is 0 Å². The first-order chi connectivity index (χ1) is 16.5. The smallest absolute Gasteiger partial charge is 0.312 e. The summed E-state index contributed by atoms with van der Waals surface area (Å²) in [6, 6.07) is 18.8. The summed E-state index contributed by atoms with van der Waals surface area (Å²) in [6.07, 6.45) is 0.0412. The van der Waals surface area contributed by atoms with E-state index in [9.17, 15) is 14.0 Å². The van der Waals surface area contributed by atoms with Gasteiger partial charge in [0.15, 0.2) is 11.5 Å². The Labute approximate surface area is 195 Å². The topological polar surface area (TPSA) is 66.8 Å². The van der Waals surface area contributed by atoms with E-state index in [4.69, 9.17) is 14.2 Å². The Kier molecular flexibility index (Phi) is 5.53. The van der Waals surface area contributed by atoms with Crippen molar-refractivity contribution in [1.29, 1.82) is 0 Å². The average Bonchev–Trinajstić information content (AvgIpc) is 2.86. The molecule has 0 saturated carbocycles. The fraction of sp³-hybridized carbons (Fsp3) is 0.185. The summed E-state index contributed by atoms with van der Waals surface area (Å²) in [6.45, 7) is 0.237. The fourth-order valence-electron chi connectivity index (χ4n) is 4.38. The zero-order valence-corrected chi connectivity index (χ0v) is 18.7. The van der Waals surface area contributed by atoms with Crippen molar-refractivity contribution in [3.8, 4) is 17.2 Å². The van der Waals surface area contributed by atoms with Gasteiger partial charge in [-0.15, -0.1) is 0 Å². The number of methoxy groups -OCH3 is 1. The molecule has 1 atom stereocenters. The van der Waals surface area contributed by atoms with Crippen molar-refractivity contribution in [2.24, 2.45) is 7.05 Å². The molecule has 1 aliphatic heterocycles. The van der Waals surface area contributed by atoms with Gasteiger partial charge in [0, 0.05) is 18.4 Å². The number of carbonyl (C=O) groups is 1. The molecule has 172 valence electrons. The zero-order valence-electron chi connectivity index (χ0n) is 18.7. The van der Waals surface area contributed by atoms with Gasteiger partial charge in [-0.2, -0.15) is 0 Å². The van der Waals surface area contributed by atoms with E-state index in [-0.39, 0.29) is 24.4 Å². The number of para-hydroxylation sites is 1. The molecule has 7 heteroatoms. The second kappa shape index (κ2) is 8.67.